The SMILES string of the molecule is O=C(OCc1cc2ccccc2nc1Cl)c1ccn[nH]1. The highest BCUT2D eigenvalue weighted by atomic mass is 35.5. The second-order valence-corrected chi connectivity index (χ2v) is 4.54. The molecule has 0 aliphatic heterocycles. The molecule has 0 saturated carbocycles. The lowest BCUT2D eigenvalue weighted by Crippen LogP contribution is -2.06. The van der Waals surface area contributed by atoms with Crippen LogP contribution in [0.1, 0.15) is 16.1 Å². The van der Waals surface area contributed by atoms with Gasteiger partial charge in [0.2, 0.25) is 0 Å². The number of rotatable bonds is 3. The van der Waals surface area contributed by atoms with Crippen molar-refractivity contribution >= 4 is 28.5 Å². The largest absolute Gasteiger partial charge is 0.456 e. The van der Waals surface area contributed by atoms with Gasteiger partial charge in [-0.25, -0.2) is 9.78 Å². The highest BCUT2D eigenvalue weighted by Crippen LogP contribution is 2.21. The van der Waals surface area contributed by atoms with E-state index in [1.807, 2.05) is 30.3 Å². The van der Waals surface area contributed by atoms with Crippen molar-refractivity contribution in [3.05, 3.63) is 59.0 Å². The Kier molecular flexibility index (Phi) is 3.35. The predicted octanol–water partition coefficient (Wildman–Crippen LogP) is 2.97. The summed E-state index contributed by atoms with van der Waals surface area (Å²) in [6.45, 7) is 0.0640. The van der Waals surface area contributed by atoms with Crippen molar-refractivity contribution in [2.75, 3.05) is 0 Å². The van der Waals surface area contributed by atoms with Crippen LogP contribution in [-0.4, -0.2) is 21.2 Å². The number of hydrogen-bond acceptors (Lipinski definition) is 4. The Hall–Kier alpha value is -2.40. The zero-order valence-corrected chi connectivity index (χ0v) is 11.1. The van der Waals surface area contributed by atoms with Gasteiger partial charge in [0.25, 0.3) is 0 Å². The lowest BCUT2D eigenvalue weighted by molar-refractivity contribution is 0.0465. The Balaban J connectivity index is 1.80. The van der Waals surface area contributed by atoms with Crippen molar-refractivity contribution in [3.8, 4) is 0 Å². The van der Waals surface area contributed by atoms with Gasteiger partial charge in [-0.2, -0.15) is 5.10 Å². The van der Waals surface area contributed by atoms with Crippen LogP contribution < -0.4 is 0 Å². The molecule has 20 heavy (non-hydrogen) atoms. The van der Waals surface area contributed by atoms with Crippen LogP contribution >= 0.6 is 11.6 Å². The second-order valence-electron chi connectivity index (χ2n) is 4.18. The van der Waals surface area contributed by atoms with Crippen LogP contribution in [0.5, 0.6) is 0 Å². The number of carbonyl (C=O) groups is 1. The lowest BCUT2D eigenvalue weighted by atomic mass is 10.2. The summed E-state index contributed by atoms with van der Waals surface area (Å²) >= 11 is 6.09. The number of benzene rings is 1. The number of halogens is 1. The topological polar surface area (TPSA) is 67.9 Å². The van der Waals surface area contributed by atoms with Gasteiger partial charge in [0.15, 0.2) is 0 Å². The molecule has 0 amide bonds. The number of hydrogen-bond donors (Lipinski definition) is 1. The first-order valence-corrected chi connectivity index (χ1v) is 6.32. The third-order valence-electron chi connectivity index (χ3n) is 2.83. The molecule has 0 aliphatic rings. The number of aromatic amines is 1. The Morgan fingerprint density at radius 1 is 1.30 bits per heavy atom. The van der Waals surface area contributed by atoms with Gasteiger partial charge >= 0.3 is 5.97 Å². The number of carbonyl (C=O) groups excluding carboxylic acids is 1. The number of H-pyrrole nitrogens is 1. The van der Waals surface area contributed by atoms with Gasteiger partial charge < -0.3 is 4.74 Å². The third-order valence-corrected chi connectivity index (χ3v) is 3.16. The van der Waals surface area contributed by atoms with Crippen molar-refractivity contribution in [1.29, 1.82) is 0 Å². The van der Waals surface area contributed by atoms with E-state index in [9.17, 15) is 4.79 Å². The molecule has 0 unspecified atom stereocenters. The van der Waals surface area contributed by atoms with E-state index in [2.05, 4.69) is 15.2 Å². The van der Waals surface area contributed by atoms with E-state index in [-0.39, 0.29) is 6.61 Å². The van der Waals surface area contributed by atoms with Crippen molar-refractivity contribution in [2.45, 2.75) is 6.61 Å². The number of pyridine rings is 1. The van der Waals surface area contributed by atoms with E-state index < -0.39 is 5.97 Å². The quantitative estimate of drug-likeness (QED) is 0.594. The van der Waals surface area contributed by atoms with E-state index in [0.29, 0.717) is 16.4 Å². The standard InChI is InChI=1S/C14H10ClN3O2/c15-13-10(7-9-3-1-2-4-11(9)17-13)8-20-14(19)12-5-6-16-18-12/h1-7H,8H2,(H,16,18). The number of fused-ring (bicyclic) bond motifs is 1. The van der Waals surface area contributed by atoms with Crippen LogP contribution in [0, 0.1) is 0 Å². The Morgan fingerprint density at radius 3 is 2.95 bits per heavy atom. The summed E-state index contributed by atoms with van der Waals surface area (Å²) in [5, 5.41) is 7.52. The van der Waals surface area contributed by atoms with Crippen molar-refractivity contribution in [1.82, 2.24) is 15.2 Å². The number of ether oxygens (including phenoxy) is 1. The second kappa shape index (κ2) is 5.30. The van der Waals surface area contributed by atoms with Crippen LogP contribution in [-0.2, 0) is 11.3 Å². The molecule has 0 bridgehead atoms. The monoisotopic (exact) mass is 287 g/mol. The molecule has 0 radical (unpaired) electrons. The summed E-state index contributed by atoms with van der Waals surface area (Å²) < 4.78 is 5.17. The van der Waals surface area contributed by atoms with Crippen LogP contribution in [0.15, 0.2) is 42.6 Å². The maximum absolute atomic E-state index is 11.7. The van der Waals surface area contributed by atoms with Crippen molar-refractivity contribution in [3.63, 3.8) is 0 Å². The summed E-state index contributed by atoms with van der Waals surface area (Å²) in [4.78, 5) is 16.0. The first-order chi connectivity index (χ1) is 9.74. The fourth-order valence-corrected chi connectivity index (χ4v) is 2.03. The highest BCUT2D eigenvalue weighted by Gasteiger charge is 2.11. The molecule has 6 heteroatoms. The molecule has 0 atom stereocenters. The first kappa shape index (κ1) is 12.6. The fourth-order valence-electron chi connectivity index (χ4n) is 1.83. The molecule has 1 aromatic carbocycles. The number of esters is 1. The van der Waals surface area contributed by atoms with Gasteiger partial charge in [-0.05, 0) is 18.2 Å². The minimum absolute atomic E-state index is 0.0640. The van der Waals surface area contributed by atoms with Gasteiger partial charge in [0.1, 0.15) is 17.5 Å². The van der Waals surface area contributed by atoms with Gasteiger partial charge in [-0.1, -0.05) is 29.8 Å². The lowest BCUT2D eigenvalue weighted by Gasteiger charge is -2.06. The average molecular weight is 288 g/mol. The normalized spacial score (nSPS) is 10.7. The smallest absolute Gasteiger partial charge is 0.356 e. The molecule has 3 aromatic rings. The fraction of sp³-hybridized carbons (Fsp3) is 0.0714. The Bertz CT molecular complexity index is 756. The summed E-state index contributed by atoms with van der Waals surface area (Å²) in [6.07, 6.45) is 1.49. The molecule has 5 nitrogen and oxygen atoms in total. The molecule has 2 aromatic heterocycles. The van der Waals surface area contributed by atoms with Gasteiger partial charge in [0, 0.05) is 17.1 Å². The average Bonchev–Trinajstić information content (AvgIpc) is 2.99. The van der Waals surface area contributed by atoms with Crippen molar-refractivity contribution in [2.24, 2.45) is 0 Å². The van der Waals surface area contributed by atoms with Crippen LogP contribution in [0.3, 0.4) is 0 Å². The van der Waals surface area contributed by atoms with E-state index in [0.717, 1.165) is 10.9 Å². The minimum atomic E-state index is -0.480. The molecule has 0 saturated heterocycles. The summed E-state index contributed by atoms with van der Waals surface area (Å²) in [6, 6.07) is 11.0. The summed E-state index contributed by atoms with van der Waals surface area (Å²) in [5.74, 6) is -0.480. The molecule has 2 heterocycles. The van der Waals surface area contributed by atoms with Crippen molar-refractivity contribution < 1.29 is 9.53 Å². The molecule has 3 rings (SSSR count). The van der Waals surface area contributed by atoms with E-state index in [4.69, 9.17) is 16.3 Å². The van der Waals surface area contributed by atoms with E-state index in [1.165, 1.54) is 6.20 Å². The Morgan fingerprint density at radius 2 is 2.15 bits per heavy atom. The highest BCUT2D eigenvalue weighted by molar-refractivity contribution is 6.30. The van der Waals surface area contributed by atoms with Gasteiger partial charge in [-0.15, -0.1) is 0 Å². The molecule has 100 valence electrons. The number of para-hydroxylation sites is 1. The molecular weight excluding hydrogens is 278 g/mol. The molecule has 0 aliphatic carbocycles. The third kappa shape index (κ3) is 2.48. The van der Waals surface area contributed by atoms with Crippen LogP contribution in [0.2, 0.25) is 5.15 Å². The maximum atomic E-state index is 11.7. The molecule has 0 fully saturated rings. The minimum Gasteiger partial charge on any atom is -0.456 e. The van der Waals surface area contributed by atoms with Gasteiger partial charge in [-0.3, -0.25) is 5.10 Å². The van der Waals surface area contributed by atoms with E-state index in [1.54, 1.807) is 6.07 Å². The van der Waals surface area contributed by atoms with E-state index >= 15 is 0 Å². The van der Waals surface area contributed by atoms with Crippen LogP contribution in [0.4, 0.5) is 0 Å². The number of nitrogens with zero attached hydrogens (tertiary/aromatic N) is 2. The zero-order valence-electron chi connectivity index (χ0n) is 10.3. The summed E-state index contributed by atoms with van der Waals surface area (Å²) in [5.41, 5.74) is 1.77. The Labute approximate surface area is 119 Å². The number of nitrogens with one attached hydrogen (secondary N) is 1. The molecular formula is C14H10ClN3O2. The first-order valence-electron chi connectivity index (χ1n) is 5.95. The predicted molar refractivity (Wildman–Crippen MR) is 74.5 cm³/mol. The maximum Gasteiger partial charge on any atom is 0.356 e. The number of aromatic nitrogens is 3. The van der Waals surface area contributed by atoms with Crippen LogP contribution in [0.25, 0.3) is 10.9 Å². The zero-order chi connectivity index (χ0) is 13.9. The molecule has 0 spiro atoms. The summed E-state index contributed by atoms with van der Waals surface area (Å²) in [7, 11) is 0. The molecule has 1 N–H and O–H groups in total. The van der Waals surface area contributed by atoms with Gasteiger partial charge in [0.05, 0.1) is 5.52 Å².